The molecule has 5 nitrogen and oxygen atoms in total. The van der Waals surface area contributed by atoms with Crippen molar-refractivity contribution in [3.63, 3.8) is 0 Å². The third-order valence-electron chi connectivity index (χ3n) is 4.13. The number of hydrogen-bond acceptors (Lipinski definition) is 5. The number of thioether (sulfide) groups is 1. The van der Waals surface area contributed by atoms with Crippen molar-refractivity contribution in [1.82, 2.24) is 4.90 Å². The number of carbonyl (C=O) groups is 2. The van der Waals surface area contributed by atoms with Gasteiger partial charge in [0.15, 0.2) is 0 Å². The van der Waals surface area contributed by atoms with Gasteiger partial charge in [-0.05, 0) is 98.4 Å². The van der Waals surface area contributed by atoms with Crippen LogP contribution in [0.15, 0.2) is 44.2 Å². The first-order valence-corrected chi connectivity index (χ1v) is 10.8. The summed E-state index contributed by atoms with van der Waals surface area (Å²) < 4.78 is 6.75. The van der Waals surface area contributed by atoms with Crippen LogP contribution in [-0.4, -0.2) is 34.3 Å². The minimum Gasteiger partial charge on any atom is -0.506 e. The highest BCUT2D eigenvalue weighted by Gasteiger charge is 2.34. The predicted octanol–water partition coefficient (Wildman–Crippen LogP) is 5.65. The van der Waals surface area contributed by atoms with E-state index in [9.17, 15) is 14.7 Å². The highest BCUT2D eigenvalue weighted by molar-refractivity contribution is 9.11. The minimum atomic E-state index is -0.347. The van der Waals surface area contributed by atoms with Gasteiger partial charge in [0, 0.05) is 0 Å². The number of amides is 2. The lowest BCUT2D eigenvalue weighted by Crippen LogP contribution is -2.32. The van der Waals surface area contributed by atoms with E-state index in [4.69, 9.17) is 4.74 Å². The molecule has 0 aromatic heterocycles. The lowest BCUT2D eigenvalue weighted by molar-refractivity contribution is -0.123. The van der Waals surface area contributed by atoms with Gasteiger partial charge in [0.1, 0.15) is 18.1 Å². The van der Waals surface area contributed by atoms with E-state index >= 15 is 0 Å². The van der Waals surface area contributed by atoms with Gasteiger partial charge in [-0.15, -0.1) is 0 Å². The Morgan fingerprint density at radius 1 is 1.14 bits per heavy atom. The molecule has 0 saturated carbocycles. The first-order chi connectivity index (χ1) is 13.3. The predicted molar refractivity (Wildman–Crippen MR) is 118 cm³/mol. The topological polar surface area (TPSA) is 66.8 Å². The molecule has 0 aliphatic carbocycles. The second-order valence-corrected chi connectivity index (χ2v) is 8.99. The summed E-state index contributed by atoms with van der Waals surface area (Å²) in [5, 5.41) is 9.47. The Hall–Kier alpha value is -1.77. The minimum absolute atomic E-state index is 0.0776. The molecule has 2 amide bonds. The molecule has 28 heavy (non-hydrogen) atoms. The fourth-order valence-electron chi connectivity index (χ4n) is 2.62. The zero-order chi connectivity index (χ0) is 20.4. The summed E-state index contributed by atoms with van der Waals surface area (Å²) >= 11 is 7.41. The van der Waals surface area contributed by atoms with Gasteiger partial charge < -0.3 is 9.84 Å². The number of phenols is 1. The number of benzene rings is 2. The highest BCUT2D eigenvalue weighted by Crippen LogP contribution is 2.36. The van der Waals surface area contributed by atoms with Crippen LogP contribution >= 0.6 is 43.6 Å². The van der Waals surface area contributed by atoms with Gasteiger partial charge in [0.2, 0.25) is 0 Å². The van der Waals surface area contributed by atoms with Gasteiger partial charge in [-0.25, -0.2) is 0 Å². The van der Waals surface area contributed by atoms with Crippen LogP contribution in [0.1, 0.15) is 16.7 Å². The molecule has 1 saturated heterocycles. The molecule has 2 aromatic rings. The molecule has 0 spiro atoms. The van der Waals surface area contributed by atoms with Gasteiger partial charge >= 0.3 is 0 Å². The average molecular weight is 527 g/mol. The molecule has 0 bridgehead atoms. The standard InChI is InChI=1S/C20H17Br2NO4S/c1-11-3-4-12(2)16(7-11)27-6-5-23-19(25)17(28-20(23)26)10-13-8-14(21)18(24)15(22)9-13/h3-4,7-10,24H,5-6H2,1-2H3/b17-10-. The van der Waals surface area contributed by atoms with Gasteiger partial charge in [0.05, 0.1) is 20.4 Å². The lowest BCUT2D eigenvalue weighted by atomic mass is 10.1. The van der Waals surface area contributed by atoms with Crippen LogP contribution in [0.25, 0.3) is 6.08 Å². The van der Waals surface area contributed by atoms with E-state index in [2.05, 4.69) is 31.9 Å². The molecule has 1 aliphatic rings. The molecule has 1 N–H and O–H groups in total. The van der Waals surface area contributed by atoms with Crippen LogP contribution in [0.3, 0.4) is 0 Å². The number of aryl methyl sites for hydroxylation is 2. The van der Waals surface area contributed by atoms with Gasteiger partial charge in [0.25, 0.3) is 11.1 Å². The molecular weight excluding hydrogens is 510 g/mol. The fourth-order valence-corrected chi connectivity index (χ4v) is 4.71. The number of hydrogen-bond donors (Lipinski definition) is 1. The molecule has 8 heteroatoms. The van der Waals surface area contributed by atoms with Crippen LogP contribution in [0.4, 0.5) is 4.79 Å². The van der Waals surface area contributed by atoms with Crippen molar-refractivity contribution >= 4 is 60.8 Å². The summed E-state index contributed by atoms with van der Waals surface area (Å²) in [7, 11) is 0. The number of nitrogens with zero attached hydrogens (tertiary/aromatic N) is 1. The molecule has 0 atom stereocenters. The summed E-state index contributed by atoms with van der Waals surface area (Å²) in [5.74, 6) is 0.482. The summed E-state index contributed by atoms with van der Waals surface area (Å²) in [6.45, 7) is 4.34. The van der Waals surface area contributed by atoms with Crippen LogP contribution < -0.4 is 4.74 Å². The van der Waals surface area contributed by atoms with Crippen LogP contribution in [0.2, 0.25) is 0 Å². The van der Waals surface area contributed by atoms with E-state index in [1.165, 1.54) is 4.90 Å². The highest BCUT2D eigenvalue weighted by atomic mass is 79.9. The first-order valence-electron chi connectivity index (χ1n) is 8.39. The fraction of sp³-hybridized carbons (Fsp3) is 0.200. The van der Waals surface area contributed by atoms with Crippen LogP contribution in [-0.2, 0) is 4.79 Å². The van der Waals surface area contributed by atoms with E-state index in [0.717, 1.165) is 28.6 Å². The molecule has 1 heterocycles. The third kappa shape index (κ3) is 4.61. The second kappa shape index (κ2) is 8.71. The van der Waals surface area contributed by atoms with E-state index in [1.807, 2.05) is 32.0 Å². The molecule has 1 fully saturated rings. The third-order valence-corrected chi connectivity index (χ3v) is 6.24. The maximum absolute atomic E-state index is 12.6. The van der Waals surface area contributed by atoms with Gasteiger partial charge in [-0.3, -0.25) is 14.5 Å². The van der Waals surface area contributed by atoms with E-state index in [0.29, 0.717) is 19.4 Å². The Morgan fingerprint density at radius 3 is 2.50 bits per heavy atom. The summed E-state index contributed by atoms with van der Waals surface area (Å²) in [5.41, 5.74) is 2.78. The lowest BCUT2D eigenvalue weighted by Gasteiger charge is -2.14. The SMILES string of the molecule is Cc1ccc(C)c(OCCN2C(=O)S/C(=C\c3cc(Br)c(O)c(Br)c3)C2=O)c1. The molecule has 146 valence electrons. The number of halogens is 2. The molecule has 0 unspecified atom stereocenters. The van der Waals surface area contributed by atoms with Crippen molar-refractivity contribution < 1.29 is 19.4 Å². The molecule has 2 aromatic carbocycles. The molecule has 1 aliphatic heterocycles. The Bertz CT molecular complexity index is 967. The average Bonchev–Trinajstić information content (AvgIpc) is 2.89. The van der Waals surface area contributed by atoms with Crippen molar-refractivity contribution in [1.29, 1.82) is 0 Å². The Morgan fingerprint density at radius 2 is 1.82 bits per heavy atom. The number of imide groups is 1. The number of aromatic hydroxyl groups is 1. The van der Waals surface area contributed by atoms with Crippen molar-refractivity contribution in [2.45, 2.75) is 13.8 Å². The zero-order valence-corrected chi connectivity index (χ0v) is 19.2. The molecule has 0 radical (unpaired) electrons. The number of ether oxygens (including phenoxy) is 1. The van der Waals surface area contributed by atoms with Gasteiger partial charge in [-0.2, -0.15) is 0 Å². The van der Waals surface area contributed by atoms with Crippen molar-refractivity contribution in [3.05, 3.63) is 60.9 Å². The zero-order valence-electron chi connectivity index (χ0n) is 15.2. The monoisotopic (exact) mass is 525 g/mol. The maximum atomic E-state index is 12.6. The van der Waals surface area contributed by atoms with Crippen molar-refractivity contribution in [2.75, 3.05) is 13.2 Å². The van der Waals surface area contributed by atoms with Crippen LogP contribution in [0.5, 0.6) is 11.5 Å². The largest absolute Gasteiger partial charge is 0.506 e. The van der Waals surface area contributed by atoms with E-state index in [1.54, 1.807) is 18.2 Å². The maximum Gasteiger partial charge on any atom is 0.293 e. The Kier molecular flexibility index (Phi) is 6.52. The summed E-state index contributed by atoms with van der Waals surface area (Å²) in [4.78, 5) is 26.4. The number of carbonyl (C=O) groups excluding carboxylic acids is 2. The molecule has 3 rings (SSSR count). The van der Waals surface area contributed by atoms with Crippen LogP contribution in [0, 0.1) is 13.8 Å². The first kappa shape index (κ1) is 21.0. The van der Waals surface area contributed by atoms with E-state index in [-0.39, 0.29) is 30.0 Å². The normalized spacial score (nSPS) is 15.6. The van der Waals surface area contributed by atoms with E-state index < -0.39 is 0 Å². The van der Waals surface area contributed by atoms with Crippen molar-refractivity contribution in [3.8, 4) is 11.5 Å². The summed E-state index contributed by atoms with van der Waals surface area (Å²) in [6, 6.07) is 9.27. The summed E-state index contributed by atoms with van der Waals surface area (Å²) in [6.07, 6.45) is 1.63. The quantitative estimate of drug-likeness (QED) is 0.510. The Balaban J connectivity index is 1.69. The van der Waals surface area contributed by atoms with Crippen molar-refractivity contribution in [2.24, 2.45) is 0 Å². The smallest absolute Gasteiger partial charge is 0.293 e. The molecular formula is C20H17Br2NO4S. The Labute approximate surface area is 184 Å². The number of phenolic OH excluding ortho intramolecular Hbond substituents is 1. The van der Waals surface area contributed by atoms with Gasteiger partial charge in [-0.1, -0.05) is 12.1 Å². The number of rotatable bonds is 5. The second-order valence-electron chi connectivity index (χ2n) is 6.28.